The van der Waals surface area contributed by atoms with Crippen LogP contribution < -0.4 is 20.4 Å². The number of piperazine rings is 1. The number of carbonyl (C=O) groups excluding carboxylic acids is 3. The Morgan fingerprint density at radius 1 is 1.11 bits per heavy atom. The Morgan fingerprint density at radius 3 is 2.25 bits per heavy atom. The zero-order valence-electron chi connectivity index (χ0n) is 18.7. The lowest BCUT2D eigenvalue weighted by atomic mass is 10.2. The van der Waals surface area contributed by atoms with E-state index < -0.39 is 38.9 Å². The minimum absolute atomic E-state index is 0.000445. The smallest absolute Gasteiger partial charge is 0.442 e. The molecule has 1 aromatic carbocycles. The Bertz CT molecular complexity index is 980. The van der Waals surface area contributed by atoms with Gasteiger partial charge in [-0.1, -0.05) is 47.8 Å². The van der Waals surface area contributed by atoms with Gasteiger partial charge in [0.2, 0.25) is 5.91 Å². The van der Waals surface area contributed by atoms with Crippen molar-refractivity contribution in [2.24, 2.45) is 0 Å². The fourth-order valence-electron chi connectivity index (χ4n) is 3.78. The molecule has 3 atom stereocenters. The summed E-state index contributed by atoms with van der Waals surface area (Å²) in [5.74, 6) is -2.43. The van der Waals surface area contributed by atoms with E-state index in [-0.39, 0.29) is 38.6 Å². The molecular formula is C20H22Br3F4N5O4. The number of halogens is 7. The second-order valence-electron chi connectivity index (χ2n) is 8.10. The first-order chi connectivity index (χ1) is 16.7. The number of amides is 3. The molecule has 2 aliphatic rings. The van der Waals surface area contributed by atoms with E-state index in [1.807, 2.05) is 0 Å². The maximum absolute atomic E-state index is 15.1. The van der Waals surface area contributed by atoms with E-state index in [0.717, 1.165) is 4.90 Å². The van der Waals surface area contributed by atoms with Crippen molar-refractivity contribution in [3.63, 3.8) is 0 Å². The van der Waals surface area contributed by atoms with Crippen LogP contribution in [0.25, 0.3) is 0 Å². The van der Waals surface area contributed by atoms with Crippen molar-refractivity contribution in [1.29, 1.82) is 0 Å². The zero-order chi connectivity index (χ0) is 26.8. The summed E-state index contributed by atoms with van der Waals surface area (Å²) in [6.07, 6.45) is -9.29. The third kappa shape index (κ3) is 7.22. The molecule has 200 valence electrons. The van der Waals surface area contributed by atoms with Crippen molar-refractivity contribution in [3.05, 3.63) is 24.3 Å². The summed E-state index contributed by atoms with van der Waals surface area (Å²) in [5, 5.41) is 4.40. The molecule has 2 heterocycles. The number of cyclic esters (lactones) is 1. The van der Waals surface area contributed by atoms with E-state index >= 15 is 4.39 Å². The normalized spacial score (nSPS) is 22.3. The summed E-state index contributed by atoms with van der Waals surface area (Å²) in [6.45, 7) is 1.89. The first-order valence-corrected chi connectivity index (χ1v) is 13.0. The predicted molar refractivity (Wildman–Crippen MR) is 134 cm³/mol. The molecule has 0 bridgehead atoms. The molecule has 1 aromatic rings. The molecule has 0 radical (unpaired) electrons. The van der Waals surface area contributed by atoms with Crippen molar-refractivity contribution in [2.75, 3.05) is 42.5 Å². The Labute approximate surface area is 229 Å². The summed E-state index contributed by atoms with van der Waals surface area (Å²) < 4.78 is 57.3. The lowest BCUT2D eigenvalue weighted by molar-refractivity contribution is -0.176. The molecule has 2 N–H and O–H groups in total. The summed E-state index contributed by atoms with van der Waals surface area (Å²) in [6, 6.07) is 6.73. The molecule has 16 heteroatoms. The quantitative estimate of drug-likeness (QED) is 0.267. The van der Waals surface area contributed by atoms with Crippen LogP contribution in [0.15, 0.2) is 24.3 Å². The van der Waals surface area contributed by atoms with Gasteiger partial charge in [-0.2, -0.15) is 13.2 Å². The molecule has 3 rings (SSSR count). The third-order valence-electron chi connectivity index (χ3n) is 5.51. The number of ether oxygens (including phenoxy) is 1. The SMILES string of the molecule is CC(=O)NCC1CN(c2ccc(N3CCN(C(NC(=O)C(F)(F)F)C(Br)(Br)Br)[C@@H](F)C3)cc2)C(=O)O1. The molecular weight excluding hydrogens is 690 g/mol. The molecule has 36 heavy (non-hydrogen) atoms. The second kappa shape index (κ2) is 11.4. The minimum atomic E-state index is -5.13. The van der Waals surface area contributed by atoms with Crippen molar-refractivity contribution in [3.8, 4) is 0 Å². The molecule has 0 aromatic heterocycles. The van der Waals surface area contributed by atoms with Gasteiger partial charge in [-0.05, 0) is 24.3 Å². The Kier molecular flexibility index (Phi) is 9.15. The van der Waals surface area contributed by atoms with Crippen molar-refractivity contribution in [1.82, 2.24) is 15.5 Å². The molecule has 3 amide bonds. The van der Waals surface area contributed by atoms with Crippen LogP contribution in [0, 0.1) is 0 Å². The van der Waals surface area contributed by atoms with Crippen LogP contribution in [-0.2, 0) is 14.3 Å². The number of hydrogen-bond donors (Lipinski definition) is 2. The van der Waals surface area contributed by atoms with Gasteiger partial charge >= 0.3 is 18.2 Å². The number of nitrogens with one attached hydrogen (secondary N) is 2. The Hall–Kier alpha value is -1.65. The van der Waals surface area contributed by atoms with E-state index in [2.05, 4.69) is 53.1 Å². The average molecular weight is 712 g/mol. The fourth-order valence-corrected chi connectivity index (χ4v) is 4.91. The highest BCUT2D eigenvalue weighted by Gasteiger charge is 2.47. The largest absolute Gasteiger partial charge is 0.471 e. The molecule has 0 aliphatic carbocycles. The second-order valence-corrected chi connectivity index (χ2v) is 15.0. The van der Waals surface area contributed by atoms with Gasteiger partial charge in [-0.25, -0.2) is 14.1 Å². The van der Waals surface area contributed by atoms with Gasteiger partial charge in [0.05, 0.1) is 19.6 Å². The number of benzene rings is 1. The molecule has 2 saturated heterocycles. The van der Waals surface area contributed by atoms with Crippen LogP contribution in [0.2, 0.25) is 0 Å². The maximum atomic E-state index is 15.1. The molecule has 9 nitrogen and oxygen atoms in total. The monoisotopic (exact) mass is 709 g/mol. The molecule has 2 fully saturated rings. The highest BCUT2D eigenvalue weighted by molar-refractivity contribution is 9.39. The summed E-state index contributed by atoms with van der Waals surface area (Å²) in [5.41, 5.74) is 1.20. The van der Waals surface area contributed by atoms with Crippen LogP contribution in [0.5, 0.6) is 0 Å². The lowest BCUT2D eigenvalue weighted by Gasteiger charge is -2.44. The maximum Gasteiger partial charge on any atom is 0.471 e. The predicted octanol–water partition coefficient (Wildman–Crippen LogP) is 3.41. The van der Waals surface area contributed by atoms with Gasteiger partial charge < -0.3 is 20.3 Å². The number of rotatable bonds is 6. The van der Waals surface area contributed by atoms with E-state index in [9.17, 15) is 27.6 Å². The van der Waals surface area contributed by atoms with Gasteiger partial charge in [-0.15, -0.1) is 0 Å². The summed E-state index contributed by atoms with van der Waals surface area (Å²) in [4.78, 5) is 39.0. The highest BCUT2D eigenvalue weighted by atomic mass is 80.0. The van der Waals surface area contributed by atoms with Gasteiger partial charge in [0, 0.05) is 31.4 Å². The lowest BCUT2D eigenvalue weighted by Crippen LogP contribution is -2.64. The zero-order valence-corrected chi connectivity index (χ0v) is 23.5. The molecule has 2 aliphatic heterocycles. The van der Waals surface area contributed by atoms with Crippen LogP contribution in [-0.4, -0.2) is 82.4 Å². The fraction of sp³-hybridized carbons (Fsp3) is 0.550. The number of anilines is 2. The number of hydrogen-bond acceptors (Lipinski definition) is 6. The van der Waals surface area contributed by atoms with E-state index in [1.54, 1.807) is 34.5 Å². The first-order valence-electron chi connectivity index (χ1n) is 10.6. The van der Waals surface area contributed by atoms with Gasteiger partial charge in [0.25, 0.3) is 0 Å². The molecule has 0 spiro atoms. The van der Waals surface area contributed by atoms with Crippen LogP contribution >= 0.6 is 47.8 Å². The first kappa shape index (κ1) is 28.9. The van der Waals surface area contributed by atoms with Gasteiger partial charge in [0.15, 0.2) is 8.44 Å². The standard InChI is InChI=1S/C20H22Br3F4N5O4/c1-11(33)28-8-14-9-32(18(35)36-14)13-4-2-12(3-5-13)30-6-7-31(15(24)10-30)16(19(21,22)23)29-17(34)20(25,26)27/h2-5,14-16H,6-10H2,1H3,(H,28,33)(H,29,34)/t14?,15-,16?/m1/s1. The van der Waals surface area contributed by atoms with Crippen molar-refractivity contribution in [2.45, 2.75) is 33.8 Å². The Morgan fingerprint density at radius 2 is 1.72 bits per heavy atom. The third-order valence-corrected chi connectivity index (χ3v) is 6.81. The van der Waals surface area contributed by atoms with Gasteiger partial charge in [-0.3, -0.25) is 14.5 Å². The summed E-state index contributed by atoms with van der Waals surface area (Å²) >= 11 is 9.29. The molecule has 0 saturated carbocycles. The van der Waals surface area contributed by atoms with E-state index in [4.69, 9.17) is 4.74 Å². The van der Waals surface area contributed by atoms with E-state index in [0.29, 0.717) is 11.4 Å². The van der Waals surface area contributed by atoms with Crippen molar-refractivity contribution >= 4 is 77.1 Å². The summed E-state index contributed by atoms with van der Waals surface area (Å²) in [7, 11) is 0. The highest BCUT2D eigenvalue weighted by Crippen LogP contribution is 2.40. The van der Waals surface area contributed by atoms with E-state index in [1.165, 1.54) is 11.8 Å². The molecule has 2 unspecified atom stereocenters. The van der Waals surface area contributed by atoms with Crippen LogP contribution in [0.1, 0.15) is 6.92 Å². The van der Waals surface area contributed by atoms with Gasteiger partial charge in [0.1, 0.15) is 12.3 Å². The van der Waals surface area contributed by atoms with Crippen molar-refractivity contribution < 1.29 is 36.7 Å². The average Bonchev–Trinajstić information content (AvgIpc) is 3.15. The minimum Gasteiger partial charge on any atom is -0.442 e. The number of carbonyl (C=O) groups is 3. The Balaban J connectivity index is 1.64. The number of alkyl halides is 7. The van der Waals surface area contributed by atoms with Crippen LogP contribution in [0.3, 0.4) is 0 Å². The van der Waals surface area contributed by atoms with Crippen LogP contribution in [0.4, 0.5) is 33.7 Å². The number of nitrogens with zero attached hydrogens (tertiary/aromatic N) is 3. The topological polar surface area (TPSA) is 94.2 Å².